The van der Waals surface area contributed by atoms with Crippen LogP contribution in [0.25, 0.3) is 0 Å². The zero-order valence-corrected chi connectivity index (χ0v) is 29.4. The van der Waals surface area contributed by atoms with E-state index in [-0.39, 0.29) is 52.6 Å². The maximum Gasteiger partial charge on any atom is 0.405 e. The van der Waals surface area contributed by atoms with Crippen LogP contribution < -0.4 is 11.5 Å². The van der Waals surface area contributed by atoms with Gasteiger partial charge in [0, 0.05) is 55.1 Å². The number of benzene rings is 1. The van der Waals surface area contributed by atoms with Crippen molar-refractivity contribution >= 4 is 35.0 Å². The van der Waals surface area contributed by atoms with Crippen LogP contribution in [0.4, 0.5) is 10.5 Å². The topological polar surface area (TPSA) is 232 Å². The first-order valence-electron chi connectivity index (χ1n) is 16.1. The van der Waals surface area contributed by atoms with Crippen LogP contribution in [0.5, 0.6) is 0 Å². The number of ether oxygens (including phenoxy) is 3. The van der Waals surface area contributed by atoms with Crippen LogP contribution in [-0.4, -0.2) is 89.5 Å². The Hall–Kier alpha value is -5.25. The number of Topliss-reactive ketones (excluding diaryl/α,β-unsaturated/α-hetero) is 2. The molecule has 2 aliphatic rings. The molecule has 0 saturated carbocycles. The predicted octanol–water partition coefficient (Wildman–Crippen LogP) is 3.22. The van der Waals surface area contributed by atoms with Gasteiger partial charge in [-0.05, 0) is 50.3 Å². The third-order valence-electron chi connectivity index (χ3n) is 8.79. The van der Waals surface area contributed by atoms with E-state index in [0.29, 0.717) is 5.57 Å². The van der Waals surface area contributed by atoms with Gasteiger partial charge in [-0.1, -0.05) is 38.2 Å². The number of allylic oxidation sites excluding steroid dienone is 4. The Bertz CT molecular complexity index is 1710. The van der Waals surface area contributed by atoms with Gasteiger partial charge in [-0.3, -0.25) is 34.2 Å². The molecule has 5 N–H and O–H groups in total. The average Bonchev–Trinajstić information content (AvgIpc) is 3.09. The van der Waals surface area contributed by atoms with Crippen molar-refractivity contribution < 1.29 is 48.2 Å². The second kappa shape index (κ2) is 17.6. The van der Waals surface area contributed by atoms with Crippen molar-refractivity contribution in [2.45, 2.75) is 65.0 Å². The summed E-state index contributed by atoms with van der Waals surface area (Å²) in [6.45, 7) is 5.94. The van der Waals surface area contributed by atoms with Crippen molar-refractivity contribution in [1.29, 1.82) is 0 Å². The van der Waals surface area contributed by atoms with Gasteiger partial charge in [0.2, 0.25) is 11.6 Å². The Kier molecular flexibility index (Phi) is 13.9. The third-order valence-corrected chi connectivity index (χ3v) is 8.79. The molecule has 15 nitrogen and oxygen atoms in total. The van der Waals surface area contributed by atoms with E-state index in [2.05, 4.69) is 0 Å². The number of ketones is 3. The van der Waals surface area contributed by atoms with Crippen LogP contribution in [0, 0.1) is 22.0 Å². The lowest BCUT2D eigenvalue weighted by atomic mass is 9.85. The normalized spacial score (nSPS) is 28.3. The minimum Gasteiger partial charge on any atom is -0.439 e. The zero-order chi connectivity index (χ0) is 38.2. The summed E-state index contributed by atoms with van der Waals surface area (Å²) in [5.41, 5.74) is 11.1. The molecular formula is C36H44N4O11. The molecule has 0 fully saturated rings. The number of hydrogen-bond donors (Lipinski definition) is 3. The van der Waals surface area contributed by atoms with Crippen LogP contribution in [0.2, 0.25) is 0 Å². The Balaban J connectivity index is 2.18. The Morgan fingerprint density at radius 1 is 1.08 bits per heavy atom. The Morgan fingerprint density at radius 2 is 1.73 bits per heavy atom. The summed E-state index contributed by atoms with van der Waals surface area (Å²) in [4.78, 5) is 78.0. The highest BCUT2D eigenvalue weighted by Crippen LogP contribution is 2.30. The number of aliphatic hydroxyl groups is 1. The van der Waals surface area contributed by atoms with E-state index in [1.165, 1.54) is 51.5 Å². The van der Waals surface area contributed by atoms with Gasteiger partial charge in [0.15, 0.2) is 11.9 Å². The summed E-state index contributed by atoms with van der Waals surface area (Å²) in [7, 11) is 2.80. The van der Waals surface area contributed by atoms with Gasteiger partial charge in [0.25, 0.3) is 11.6 Å². The lowest BCUT2D eigenvalue weighted by molar-refractivity contribution is -0.384. The van der Waals surface area contributed by atoms with Crippen LogP contribution in [0.1, 0.15) is 50.9 Å². The van der Waals surface area contributed by atoms with E-state index in [1.54, 1.807) is 26.8 Å². The van der Waals surface area contributed by atoms with E-state index in [1.807, 2.05) is 0 Å². The molecule has 51 heavy (non-hydrogen) atoms. The van der Waals surface area contributed by atoms with Gasteiger partial charge in [0.05, 0.1) is 35.1 Å². The van der Waals surface area contributed by atoms with E-state index in [0.717, 1.165) is 23.1 Å². The second-order valence-corrected chi connectivity index (χ2v) is 12.6. The minimum absolute atomic E-state index is 0.0229. The highest BCUT2D eigenvalue weighted by molar-refractivity contribution is 6.23. The number of primary amides is 1. The monoisotopic (exact) mass is 708 g/mol. The van der Waals surface area contributed by atoms with Crippen molar-refractivity contribution in [3.8, 4) is 0 Å². The molecule has 274 valence electrons. The summed E-state index contributed by atoms with van der Waals surface area (Å²) >= 11 is 0. The second-order valence-electron chi connectivity index (χ2n) is 12.6. The maximum atomic E-state index is 14.0. The number of hydrogen-bond acceptors (Lipinski definition) is 12. The molecule has 0 radical (unpaired) electrons. The van der Waals surface area contributed by atoms with Crippen molar-refractivity contribution in [2.24, 2.45) is 23.3 Å². The maximum absolute atomic E-state index is 14.0. The van der Waals surface area contributed by atoms with Gasteiger partial charge < -0.3 is 30.8 Å². The number of non-ortho nitro benzene ring substituents is 1. The number of nitro benzene ring substituents is 1. The van der Waals surface area contributed by atoms with E-state index in [4.69, 9.17) is 25.7 Å². The number of nitrogens with two attached hydrogens (primary N) is 2. The number of methoxy groups -OCH3 is 2. The molecule has 1 heterocycles. The first-order valence-corrected chi connectivity index (χ1v) is 16.1. The van der Waals surface area contributed by atoms with Crippen LogP contribution in [0.3, 0.4) is 0 Å². The van der Waals surface area contributed by atoms with Crippen LogP contribution in [-0.2, 0) is 28.6 Å². The van der Waals surface area contributed by atoms with Gasteiger partial charge >= 0.3 is 6.09 Å². The number of carbonyl (C=O) groups excluding carboxylic acids is 5. The summed E-state index contributed by atoms with van der Waals surface area (Å²) in [5.74, 6) is -3.85. The number of aliphatic hydroxyl groups excluding tert-OH is 1. The lowest BCUT2D eigenvalue weighted by Gasteiger charge is -2.30. The van der Waals surface area contributed by atoms with E-state index in [9.17, 15) is 39.2 Å². The van der Waals surface area contributed by atoms with E-state index >= 15 is 0 Å². The quantitative estimate of drug-likeness (QED) is 0.122. The molecule has 1 aromatic carbocycles. The highest BCUT2D eigenvalue weighted by Gasteiger charge is 2.36. The van der Waals surface area contributed by atoms with Crippen LogP contribution >= 0.6 is 0 Å². The molecule has 0 aromatic heterocycles. The molecule has 0 spiro atoms. The Labute approximate surface area is 295 Å². The number of rotatable bonds is 7. The lowest BCUT2D eigenvalue weighted by Crippen LogP contribution is -2.41. The number of nitrogens with zero attached hydrogens (tertiary/aromatic N) is 2. The SMILES string of the molecule is CO[C@H]1/C=C\C=C(/C)C(=O)N(CC(=O)c2ccc([N+](=O)[O-])cc2)C2=CC(=O)C(N)=C(C[C@@H](C)C[C@H](OC)[C@H](O)[C@@H](C)/C=C(\C)[C@@H]1OC(N)=O)C2=O. The molecule has 1 aromatic rings. The van der Waals surface area contributed by atoms with Gasteiger partial charge in [0.1, 0.15) is 6.10 Å². The van der Waals surface area contributed by atoms with Crippen molar-refractivity contribution in [3.63, 3.8) is 0 Å². The van der Waals surface area contributed by atoms with Crippen LogP contribution in [0.15, 0.2) is 82.8 Å². The Morgan fingerprint density at radius 3 is 2.29 bits per heavy atom. The first kappa shape index (κ1) is 40.2. The molecule has 1 aliphatic heterocycles. The number of nitro groups is 1. The fraction of sp³-hybridized carbons (Fsp3) is 0.417. The molecule has 0 unspecified atom stereocenters. The molecule has 1 aliphatic carbocycles. The minimum atomic E-state index is -1.07. The van der Waals surface area contributed by atoms with Gasteiger partial charge in [-0.2, -0.15) is 0 Å². The van der Waals surface area contributed by atoms with E-state index < -0.39 is 71.2 Å². The number of amides is 2. The summed E-state index contributed by atoms with van der Waals surface area (Å²) in [6.07, 6.45) is 2.32. The average molecular weight is 709 g/mol. The summed E-state index contributed by atoms with van der Waals surface area (Å²) in [5, 5.41) is 22.4. The van der Waals surface area contributed by atoms with Gasteiger partial charge in [-0.25, -0.2) is 4.79 Å². The van der Waals surface area contributed by atoms with Gasteiger partial charge in [-0.15, -0.1) is 0 Å². The summed E-state index contributed by atoms with van der Waals surface area (Å²) in [6, 6.07) is 4.71. The third kappa shape index (κ3) is 9.93. The standard InChI is InChI=1S/C36H44N4O11/c1-19-14-25-31(37)27(41)17-26(33(25)44)39(18-28(42)23-10-12-24(13-11-23)40(47)48)35(45)20(2)8-7-9-29(49-5)34(51-36(38)46)22(4)16-21(3)32(43)30(15-19)50-6/h7-13,16-17,19,21,29-30,32,34,43H,14-15,18,37H2,1-6H3,(H2,38,46)/b9-7-,20-8+,22-16+/t19-,21+,29+,30+,32-,34+/m1/s1. The zero-order valence-electron chi connectivity index (χ0n) is 29.4. The molecule has 0 saturated heterocycles. The smallest absolute Gasteiger partial charge is 0.405 e. The fourth-order valence-electron chi connectivity index (χ4n) is 5.96. The van der Waals surface area contributed by atoms with Crippen molar-refractivity contribution in [1.82, 2.24) is 4.90 Å². The van der Waals surface area contributed by atoms with Crippen molar-refractivity contribution in [3.05, 3.63) is 98.4 Å². The largest absolute Gasteiger partial charge is 0.439 e. The molecular weight excluding hydrogens is 664 g/mol. The molecule has 3 rings (SSSR count). The molecule has 15 heteroatoms. The summed E-state index contributed by atoms with van der Waals surface area (Å²) < 4.78 is 16.6. The first-order chi connectivity index (χ1) is 24.0. The molecule has 6 atom stereocenters. The molecule has 2 amide bonds. The van der Waals surface area contributed by atoms with Crippen molar-refractivity contribution in [2.75, 3.05) is 20.8 Å². The fourth-order valence-corrected chi connectivity index (χ4v) is 5.96. The number of carbonyl (C=O) groups is 5. The highest BCUT2D eigenvalue weighted by atomic mass is 16.6. The number of fused-ring (bicyclic) bond motifs is 2. The predicted molar refractivity (Wildman–Crippen MR) is 185 cm³/mol. The molecule has 2 bridgehead atoms.